The standard InChI is InChI=1S/C17H29N5O2/c1-4-7-18-16(23)17(24)19-13-15(14-6-5-8-21(14)3)22-11-9-20(2)10-12-22/h5-6,8,15H,4,7,9-13H2,1-3H3,(H,18,23)(H,19,24). The quantitative estimate of drug-likeness (QED) is 0.716. The first-order valence-electron chi connectivity index (χ1n) is 8.62. The van der Waals surface area contributed by atoms with E-state index in [-0.39, 0.29) is 6.04 Å². The van der Waals surface area contributed by atoms with E-state index in [4.69, 9.17) is 0 Å². The lowest BCUT2D eigenvalue weighted by Crippen LogP contribution is -2.50. The van der Waals surface area contributed by atoms with Crippen LogP contribution in [0.1, 0.15) is 25.1 Å². The number of hydrogen-bond acceptors (Lipinski definition) is 4. The largest absolute Gasteiger partial charge is 0.353 e. The number of hydrogen-bond donors (Lipinski definition) is 2. The van der Waals surface area contributed by atoms with Crippen LogP contribution in [0, 0.1) is 0 Å². The summed E-state index contributed by atoms with van der Waals surface area (Å²) in [6, 6.07) is 4.15. The second kappa shape index (κ2) is 8.84. The molecule has 1 fully saturated rings. The van der Waals surface area contributed by atoms with E-state index in [9.17, 15) is 9.59 Å². The van der Waals surface area contributed by atoms with E-state index in [2.05, 4.69) is 38.1 Å². The average Bonchev–Trinajstić information content (AvgIpc) is 3.00. The molecule has 0 spiro atoms. The molecule has 1 unspecified atom stereocenters. The average molecular weight is 335 g/mol. The Hall–Kier alpha value is -1.86. The molecule has 1 aliphatic heterocycles. The predicted molar refractivity (Wildman–Crippen MR) is 93.5 cm³/mol. The summed E-state index contributed by atoms with van der Waals surface area (Å²) in [6.07, 6.45) is 2.82. The van der Waals surface area contributed by atoms with Gasteiger partial charge in [-0.25, -0.2) is 0 Å². The van der Waals surface area contributed by atoms with Crippen molar-refractivity contribution in [3.63, 3.8) is 0 Å². The molecule has 2 N–H and O–H groups in total. The first-order chi connectivity index (χ1) is 11.5. The lowest BCUT2D eigenvalue weighted by atomic mass is 10.1. The highest BCUT2D eigenvalue weighted by atomic mass is 16.2. The van der Waals surface area contributed by atoms with E-state index in [1.165, 1.54) is 0 Å². The highest BCUT2D eigenvalue weighted by Gasteiger charge is 2.26. The molecule has 0 aromatic carbocycles. The SMILES string of the molecule is CCCNC(=O)C(=O)NCC(c1cccn1C)N1CCN(C)CC1. The number of rotatable bonds is 6. The third-order valence-electron chi connectivity index (χ3n) is 4.50. The Labute approximate surface area is 144 Å². The second-order valence-corrected chi connectivity index (χ2v) is 6.36. The van der Waals surface area contributed by atoms with Gasteiger partial charge in [-0.3, -0.25) is 14.5 Å². The van der Waals surface area contributed by atoms with Crippen LogP contribution in [0.2, 0.25) is 0 Å². The van der Waals surface area contributed by atoms with E-state index in [1.54, 1.807) is 0 Å². The van der Waals surface area contributed by atoms with Crippen molar-refractivity contribution in [2.24, 2.45) is 7.05 Å². The van der Waals surface area contributed by atoms with Crippen LogP contribution in [0.4, 0.5) is 0 Å². The third kappa shape index (κ3) is 4.82. The number of aryl methyl sites for hydroxylation is 1. The molecule has 2 amide bonds. The molecular formula is C17H29N5O2. The molecular weight excluding hydrogens is 306 g/mol. The number of likely N-dealkylation sites (N-methyl/N-ethyl adjacent to an activating group) is 1. The van der Waals surface area contributed by atoms with E-state index < -0.39 is 11.8 Å². The van der Waals surface area contributed by atoms with E-state index in [0.29, 0.717) is 13.1 Å². The first-order valence-corrected chi connectivity index (χ1v) is 8.62. The second-order valence-electron chi connectivity index (χ2n) is 6.36. The molecule has 0 aliphatic carbocycles. The summed E-state index contributed by atoms with van der Waals surface area (Å²) >= 11 is 0. The Morgan fingerprint density at radius 2 is 1.79 bits per heavy atom. The summed E-state index contributed by atoms with van der Waals surface area (Å²) < 4.78 is 2.08. The first kappa shape index (κ1) is 18.5. The van der Waals surface area contributed by atoms with E-state index in [0.717, 1.165) is 38.3 Å². The number of carbonyl (C=O) groups is 2. The maximum atomic E-state index is 12.0. The fraction of sp³-hybridized carbons (Fsp3) is 0.647. The van der Waals surface area contributed by atoms with Crippen molar-refractivity contribution in [2.45, 2.75) is 19.4 Å². The summed E-state index contributed by atoms with van der Waals surface area (Å²) in [5, 5.41) is 5.41. The fourth-order valence-corrected chi connectivity index (χ4v) is 2.96. The fourth-order valence-electron chi connectivity index (χ4n) is 2.96. The van der Waals surface area contributed by atoms with Crippen LogP contribution in [0.3, 0.4) is 0 Å². The van der Waals surface area contributed by atoms with Crippen LogP contribution in [-0.4, -0.2) is 72.5 Å². The Morgan fingerprint density at radius 1 is 1.12 bits per heavy atom. The number of amides is 2. The van der Waals surface area contributed by atoms with Crippen molar-refractivity contribution in [3.05, 3.63) is 24.0 Å². The van der Waals surface area contributed by atoms with Crippen molar-refractivity contribution in [1.29, 1.82) is 0 Å². The smallest absolute Gasteiger partial charge is 0.309 e. The highest BCUT2D eigenvalue weighted by molar-refractivity contribution is 6.35. The summed E-state index contributed by atoms with van der Waals surface area (Å²) in [5.74, 6) is -1.11. The maximum Gasteiger partial charge on any atom is 0.309 e. The Kier molecular flexibility index (Phi) is 6.81. The number of nitrogens with one attached hydrogen (secondary N) is 2. The maximum absolute atomic E-state index is 12.0. The monoisotopic (exact) mass is 335 g/mol. The summed E-state index contributed by atoms with van der Waals surface area (Å²) in [7, 11) is 4.13. The van der Waals surface area contributed by atoms with Gasteiger partial charge in [0.1, 0.15) is 0 Å². The van der Waals surface area contributed by atoms with Crippen molar-refractivity contribution in [1.82, 2.24) is 25.0 Å². The molecule has 0 saturated carbocycles. The van der Waals surface area contributed by atoms with E-state index >= 15 is 0 Å². The van der Waals surface area contributed by atoms with Gasteiger partial charge in [-0.2, -0.15) is 0 Å². The Balaban J connectivity index is 2.00. The third-order valence-corrected chi connectivity index (χ3v) is 4.50. The van der Waals surface area contributed by atoms with Crippen LogP contribution in [0.15, 0.2) is 18.3 Å². The van der Waals surface area contributed by atoms with Crippen LogP contribution < -0.4 is 10.6 Å². The molecule has 134 valence electrons. The molecule has 2 heterocycles. The van der Waals surface area contributed by atoms with Crippen molar-refractivity contribution < 1.29 is 9.59 Å². The minimum absolute atomic E-state index is 0.0709. The zero-order chi connectivity index (χ0) is 17.5. The lowest BCUT2D eigenvalue weighted by molar-refractivity contribution is -0.139. The topological polar surface area (TPSA) is 69.6 Å². The normalized spacial score (nSPS) is 17.5. The summed E-state index contributed by atoms with van der Waals surface area (Å²) in [5.41, 5.74) is 1.15. The molecule has 2 rings (SSSR count). The number of nitrogens with zero attached hydrogens (tertiary/aromatic N) is 3. The zero-order valence-electron chi connectivity index (χ0n) is 14.9. The summed E-state index contributed by atoms with van der Waals surface area (Å²) in [6.45, 7) is 6.81. The number of aromatic nitrogens is 1. The van der Waals surface area contributed by atoms with Crippen LogP contribution in [0.25, 0.3) is 0 Å². The summed E-state index contributed by atoms with van der Waals surface area (Å²) in [4.78, 5) is 28.4. The number of piperazine rings is 1. The Bertz CT molecular complexity index is 549. The van der Waals surface area contributed by atoms with Gasteiger partial charge in [0.15, 0.2) is 0 Å². The van der Waals surface area contributed by atoms with Gasteiger partial charge < -0.3 is 20.1 Å². The van der Waals surface area contributed by atoms with Crippen molar-refractivity contribution in [2.75, 3.05) is 46.3 Å². The van der Waals surface area contributed by atoms with E-state index in [1.807, 2.05) is 26.2 Å². The van der Waals surface area contributed by atoms with Gasteiger partial charge in [0.05, 0.1) is 6.04 Å². The highest BCUT2D eigenvalue weighted by Crippen LogP contribution is 2.21. The lowest BCUT2D eigenvalue weighted by Gasteiger charge is -2.38. The molecule has 0 bridgehead atoms. The van der Waals surface area contributed by atoms with Gasteiger partial charge in [-0.05, 0) is 25.6 Å². The molecule has 1 saturated heterocycles. The molecule has 1 aromatic rings. The van der Waals surface area contributed by atoms with Crippen molar-refractivity contribution >= 4 is 11.8 Å². The van der Waals surface area contributed by atoms with Gasteiger partial charge in [0.2, 0.25) is 0 Å². The van der Waals surface area contributed by atoms with Gasteiger partial charge in [-0.15, -0.1) is 0 Å². The van der Waals surface area contributed by atoms with Gasteiger partial charge in [0.25, 0.3) is 0 Å². The van der Waals surface area contributed by atoms with Gasteiger partial charge in [-0.1, -0.05) is 6.92 Å². The molecule has 24 heavy (non-hydrogen) atoms. The molecule has 1 aliphatic rings. The van der Waals surface area contributed by atoms with Crippen molar-refractivity contribution in [3.8, 4) is 0 Å². The van der Waals surface area contributed by atoms with Crippen LogP contribution in [0.5, 0.6) is 0 Å². The van der Waals surface area contributed by atoms with Gasteiger partial charge >= 0.3 is 11.8 Å². The number of carbonyl (C=O) groups excluding carboxylic acids is 2. The molecule has 7 nitrogen and oxygen atoms in total. The minimum atomic E-state index is -0.559. The van der Waals surface area contributed by atoms with Crippen LogP contribution in [-0.2, 0) is 16.6 Å². The molecule has 7 heteroatoms. The van der Waals surface area contributed by atoms with Crippen LogP contribution >= 0.6 is 0 Å². The molecule has 1 aromatic heterocycles. The Morgan fingerprint density at radius 3 is 2.38 bits per heavy atom. The molecule has 0 radical (unpaired) electrons. The van der Waals surface area contributed by atoms with Gasteiger partial charge in [0, 0.05) is 58.2 Å². The minimum Gasteiger partial charge on any atom is -0.353 e. The predicted octanol–water partition coefficient (Wildman–Crippen LogP) is -0.0440. The molecule has 1 atom stereocenters. The zero-order valence-corrected chi connectivity index (χ0v) is 14.9.